The predicted octanol–water partition coefficient (Wildman–Crippen LogP) is 3.28. The molecule has 4 aromatic heterocycles. The Kier molecular flexibility index (Phi) is 3.97. The molecule has 0 spiro atoms. The van der Waals surface area contributed by atoms with E-state index >= 15 is 0 Å². The summed E-state index contributed by atoms with van der Waals surface area (Å²) in [5, 5.41) is 9.77. The van der Waals surface area contributed by atoms with Crippen molar-refractivity contribution in [3.05, 3.63) is 45.0 Å². The SMILES string of the molecule is Cc1sc2nc(CSc3nnc(-c4ccco4)n3C)[nH]c(=O)c2c1C. The fourth-order valence-electron chi connectivity index (χ4n) is 2.56. The summed E-state index contributed by atoms with van der Waals surface area (Å²) in [5.74, 6) is 2.46. The van der Waals surface area contributed by atoms with Crippen LogP contribution in [0.2, 0.25) is 0 Å². The summed E-state index contributed by atoms with van der Waals surface area (Å²) in [5.41, 5.74) is 0.918. The maximum atomic E-state index is 12.3. The molecular formula is C16H15N5O2S2. The van der Waals surface area contributed by atoms with E-state index in [1.807, 2.05) is 37.6 Å². The third-order valence-corrected chi connectivity index (χ3v) is 6.14. The molecule has 0 unspecified atom stereocenters. The number of thioether (sulfide) groups is 1. The molecule has 128 valence electrons. The van der Waals surface area contributed by atoms with Crippen LogP contribution in [0.5, 0.6) is 0 Å². The summed E-state index contributed by atoms with van der Waals surface area (Å²) < 4.78 is 7.22. The number of nitrogens with zero attached hydrogens (tertiary/aromatic N) is 4. The number of aryl methyl sites for hydroxylation is 2. The lowest BCUT2D eigenvalue weighted by Gasteiger charge is -2.02. The van der Waals surface area contributed by atoms with Crippen LogP contribution in [0.4, 0.5) is 0 Å². The van der Waals surface area contributed by atoms with Crippen LogP contribution in [0.25, 0.3) is 21.8 Å². The fourth-order valence-corrected chi connectivity index (χ4v) is 4.39. The first-order chi connectivity index (χ1) is 12.0. The average molecular weight is 373 g/mol. The number of nitrogens with one attached hydrogen (secondary N) is 1. The van der Waals surface area contributed by atoms with Crippen LogP contribution in [0, 0.1) is 13.8 Å². The summed E-state index contributed by atoms with van der Waals surface area (Å²) in [6.45, 7) is 3.96. The number of thiophene rings is 1. The van der Waals surface area contributed by atoms with Gasteiger partial charge in [0.05, 0.1) is 17.4 Å². The van der Waals surface area contributed by atoms with Gasteiger partial charge in [-0.3, -0.25) is 4.79 Å². The van der Waals surface area contributed by atoms with Crippen molar-refractivity contribution in [1.82, 2.24) is 24.7 Å². The van der Waals surface area contributed by atoms with E-state index in [4.69, 9.17) is 4.42 Å². The number of fused-ring (bicyclic) bond motifs is 1. The topological polar surface area (TPSA) is 89.6 Å². The highest BCUT2D eigenvalue weighted by Gasteiger charge is 2.15. The summed E-state index contributed by atoms with van der Waals surface area (Å²) >= 11 is 3.01. The maximum Gasteiger partial charge on any atom is 0.259 e. The number of H-pyrrole nitrogens is 1. The van der Waals surface area contributed by atoms with Crippen LogP contribution in [0.1, 0.15) is 16.3 Å². The minimum atomic E-state index is -0.0864. The smallest absolute Gasteiger partial charge is 0.259 e. The van der Waals surface area contributed by atoms with Crippen LogP contribution < -0.4 is 5.56 Å². The minimum absolute atomic E-state index is 0.0864. The standard InChI is InChI=1S/C16H15N5O2S2/c1-8-9(2)25-15-12(8)14(22)17-11(18-15)7-24-16-20-19-13(21(16)3)10-5-4-6-23-10/h4-6H,7H2,1-3H3,(H,17,18,22). The van der Waals surface area contributed by atoms with E-state index in [0.717, 1.165) is 20.4 Å². The third-order valence-electron chi connectivity index (χ3n) is 4.00. The molecule has 0 aliphatic heterocycles. The van der Waals surface area contributed by atoms with Crippen LogP contribution >= 0.6 is 23.1 Å². The van der Waals surface area contributed by atoms with Crippen molar-refractivity contribution in [2.45, 2.75) is 24.8 Å². The van der Waals surface area contributed by atoms with Crippen molar-refractivity contribution in [3.8, 4) is 11.6 Å². The first-order valence-electron chi connectivity index (χ1n) is 7.59. The molecule has 7 nitrogen and oxygen atoms in total. The van der Waals surface area contributed by atoms with Crippen molar-refractivity contribution in [2.24, 2.45) is 7.05 Å². The Morgan fingerprint density at radius 3 is 2.96 bits per heavy atom. The van der Waals surface area contributed by atoms with Gasteiger partial charge in [0.2, 0.25) is 0 Å². The molecule has 1 N–H and O–H groups in total. The monoisotopic (exact) mass is 373 g/mol. The van der Waals surface area contributed by atoms with Gasteiger partial charge in [-0.15, -0.1) is 21.5 Å². The average Bonchev–Trinajstić information content (AvgIpc) is 3.27. The Morgan fingerprint density at radius 2 is 2.20 bits per heavy atom. The van der Waals surface area contributed by atoms with E-state index in [0.29, 0.717) is 28.5 Å². The quantitative estimate of drug-likeness (QED) is 0.552. The zero-order valence-electron chi connectivity index (χ0n) is 13.9. The van der Waals surface area contributed by atoms with Gasteiger partial charge in [0.1, 0.15) is 10.7 Å². The van der Waals surface area contributed by atoms with E-state index in [-0.39, 0.29) is 5.56 Å². The molecule has 4 aromatic rings. The lowest BCUT2D eigenvalue weighted by molar-refractivity contribution is 0.572. The second kappa shape index (κ2) is 6.16. The van der Waals surface area contributed by atoms with Gasteiger partial charge in [-0.1, -0.05) is 11.8 Å². The fraction of sp³-hybridized carbons (Fsp3) is 0.250. The van der Waals surface area contributed by atoms with Crippen LogP contribution in [0.15, 0.2) is 32.8 Å². The molecule has 0 aromatic carbocycles. The Morgan fingerprint density at radius 1 is 1.36 bits per heavy atom. The van der Waals surface area contributed by atoms with E-state index < -0.39 is 0 Å². The van der Waals surface area contributed by atoms with Gasteiger partial charge in [0, 0.05) is 11.9 Å². The number of aromatic amines is 1. The molecule has 0 atom stereocenters. The number of furan rings is 1. The highest BCUT2D eigenvalue weighted by atomic mass is 32.2. The third kappa shape index (κ3) is 2.79. The zero-order chi connectivity index (χ0) is 17.6. The predicted molar refractivity (Wildman–Crippen MR) is 98.0 cm³/mol. The molecule has 9 heteroatoms. The molecule has 4 rings (SSSR count). The normalized spacial score (nSPS) is 11.5. The van der Waals surface area contributed by atoms with Crippen LogP contribution in [0.3, 0.4) is 0 Å². The van der Waals surface area contributed by atoms with E-state index in [2.05, 4.69) is 20.2 Å². The molecule has 4 heterocycles. The van der Waals surface area contributed by atoms with E-state index in [1.165, 1.54) is 11.8 Å². The van der Waals surface area contributed by atoms with Crippen molar-refractivity contribution < 1.29 is 4.42 Å². The van der Waals surface area contributed by atoms with Gasteiger partial charge in [-0.2, -0.15) is 0 Å². The van der Waals surface area contributed by atoms with Crippen molar-refractivity contribution in [3.63, 3.8) is 0 Å². The molecule has 25 heavy (non-hydrogen) atoms. The Hall–Kier alpha value is -2.39. The Labute approximate surface area is 151 Å². The van der Waals surface area contributed by atoms with E-state index in [9.17, 15) is 4.79 Å². The van der Waals surface area contributed by atoms with Crippen LogP contribution in [-0.4, -0.2) is 24.7 Å². The number of rotatable bonds is 4. The second-order valence-electron chi connectivity index (χ2n) is 5.61. The Balaban J connectivity index is 1.60. The largest absolute Gasteiger partial charge is 0.461 e. The van der Waals surface area contributed by atoms with Crippen molar-refractivity contribution in [2.75, 3.05) is 0 Å². The first-order valence-corrected chi connectivity index (χ1v) is 9.39. The number of hydrogen-bond acceptors (Lipinski definition) is 7. The maximum absolute atomic E-state index is 12.3. The van der Waals surface area contributed by atoms with Gasteiger partial charge < -0.3 is 14.0 Å². The van der Waals surface area contributed by atoms with Gasteiger partial charge in [-0.05, 0) is 31.5 Å². The van der Waals surface area contributed by atoms with Gasteiger partial charge >= 0.3 is 0 Å². The van der Waals surface area contributed by atoms with E-state index in [1.54, 1.807) is 17.6 Å². The molecule has 0 saturated carbocycles. The highest BCUT2D eigenvalue weighted by molar-refractivity contribution is 7.98. The lowest BCUT2D eigenvalue weighted by atomic mass is 10.2. The summed E-state index contributed by atoms with van der Waals surface area (Å²) in [6, 6.07) is 3.65. The summed E-state index contributed by atoms with van der Waals surface area (Å²) in [7, 11) is 1.88. The van der Waals surface area contributed by atoms with Crippen molar-refractivity contribution >= 4 is 33.3 Å². The van der Waals surface area contributed by atoms with Gasteiger partial charge in [0.15, 0.2) is 16.7 Å². The molecule has 0 radical (unpaired) electrons. The summed E-state index contributed by atoms with van der Waals surface area (Å²) in [6.07, 6.45) is 1.60. The summed E-state index contributed by atoms with van der Waals surface area (Å²) in [4.78, 5) is 21.7. The van der Waals surface area contributed by atoms with Gasteiger partial charge in [0.25, 0.3) is 5.56 Å². The minimum Gasteiger partial charge on any atom is -0.461 e. The van der Waals surface area contributed by atoms with Crippen molar-refractivity contribution in [1.29, 1.82) is 0 Å². The molecular weight excluding hydrogens is 358 g/mol. The lowest BCUT2D eigenvalue weighted by Crippen LogP contribution is -2.11. The first kappa shape index (κ1) is 16.1. The second-order valence-corrected chi connectivity index (χ2v) is 7.75. The van der Waals surface area contributed by atoms with Gasteiger partial charge in [-0.25, -0.2) is 4.98 Å². The molecule has 0 aliphatic rings. The molecule has 0 amide bonds. The molecule has 0 aliphatic carbocycles. The molecule has 0 fully saturated rings. The molecule has 0 bridgehead atoms. The molecule has 0 saturated heterocycles. The van der Waals surface area contributed by atoms with Crippen LogP contribution in [-0.2, 0) is 12.8 Å². The number of hydrogen-bond donors (Lipinski definition) is 1. The number of aromatic nitrogens is 5. The zero-order valence-corrected chi connectivity index (χ0v) is 15.5. The Bertz CT molecular complexity index is 1110. The highest BCUT2D eigenvalue weighted by Crippen LogP contribution is 2.28.